The molecule has 0 unspecified atom stereocenters. The number of carboxylic acids is 1. The number of nitrogens with zero attached hydrogens (tertiary/aromatic N) is 2. The first-order valence-electron chi connectivity index (χ1n) is 7.01. The molecule has 6 nitrogen and oxygen atoms in total. The molecular weight excluding hydrogens is 284 g/mol. The average molecular weight is 304 g/mol. The fourth-order valence-corrected chi connectivity index (χ4v) is 2.39. The molecule has 0 amide bonds. The van der Waals surface area contributed by atoms with E-state index in [0.717, 1.165) is 5.56 Å². The Morgan fingerprint density at radius 2 is 1.91 bits per heavy atom. The Balaban J connectivity index is 2.51. The molecule has 0 spiro atoms. The van der Waals surface area contributed by atoms with E-state index in [9.17, 15) is 14.7 Å². The van der Waals surface area contributed by atoms with Gasteiger partial charge in [0.15, 0.2) is 0 Å². The van der Waals surface area contributed by atoms with E-state index < -0.39 is 11.6 Å². The lowest BCUT2D eigenvalue weighted by Crippen LogP contribution is -2.26. The van der Waals surface area contributed by atoms with E-state index in [1.165, 1.54) is 6.07 Å². The minimum Gasteiger partial charge on any atom is -0.478 e. The van der Waals surface area contributed by atoms with Crippen LogP contribution in [-0.4, -0.2) is 32.2 Å². The van der Waals surface area contributed by atoms with Crippen LogP contribution in [0, 0.1) is 13.8 Å². The molecule has 0 atom stereocenters. The van der Waals surface area contributed by atoms with Crippen molar-refractivity contribution >= 4 is 23.0 Å². The van der Waals surface area contributed by atoms with E-state index in [-0.39, 0.29) is 18.1 Å². The molecule has 1 heterocycles. The van der Waals surface area contributed by atoms with Crippen molar-refractivity contribution < 1.29 is 19.4 Å². The highest BCUT2D eigenvalue weighted by Crippen LogP contribution is 2.24. The third-order valence-corrected chi connectivity index (χ3v) is 3.22. The highest BCUT2D eigenvalue weighted by atomic mass is 16.6. The van der Waals surface area contributed by atoms with Gasteiger partial charge in [-0.05, 0) is 46.2 Å². The maximum atomic E-state index is 12.1. The molecule has 0 saturated carbocycles. The van der Waals surface area contributed by atoms with Gasteiger partial charge in [0.2, 0.25) is 0 Å². The number of esters is 1. The van der Waals surface area contributed by atoms with E-state index in [1.807, 2.05) is 6.92 Å². The Bertz CT molecular complexity index is 754. The molecule has 0 aliphatic carbocycles. The summed E-state index contributed by atoms with van der Waals surface area (Å²) in [5, 5.41) is 9.27. The molecule has 2 rings (SSSR count). The van der Waals surface area contributed by atoms with Gasteiger partial charge in [-0.3, -0.25) is 4.79 Å². The number of aryl methyl sites for hydroxylation is 2. The summed E-state index contributed by atoms with van der Waals surface area (Å²) in [7, 11) is 0. The summed E-state index contributed by atoms with van der Waals surface area (Å²) in [6.45, 7) is 9.02. The zero-order valence-electron chi connectivity index (χ0n) is 13.4. The molecule has 118 valence electrons. The molecule has 0 bridgehead atoms. The summed E-state index contributed by atoms with van der Waals surface area (Å²) >= 11 is 0. The van der Waals surface area contributed by atoms with E-state index in [2.05, 4.69) is 4.98 Å². The molecule has 0 radical (unpaired) electrons. The monoisotopic (exact) mass is 304 g/mol. The number of aromatic carboxylic acids is 1. The molecular formula is C16H20N2O4. The molecule has 1 N–H and O–H groups in total. The van der Waals surface area contributed by atoms with Gasteiger partial charge in [-0.1, -0.05) is 6.07 Å². The van der Waals surface area contributed by atoms with E-state index in [0.29, 0.717) is 16.9 Å². The minimum atomic E-state index is -1.04. The van der Waals surface area contributed by atoms with Gasteiger partial charge in [-0.15, -0.1) is 0 Å². The van der Waals surface area contributed by atoms with Crippen LogP contribution in [0.3, 0.4) is 0 Å². The maximum absolute atomic E-state index is 12.1. The third-order valence-electron chi connectivity index (χ3n) is 3.22. The first-order valence-corrected chi connectivity index (χ1v) is 7.01. The largest absolute Gasteiger partial charge is 0.478 e. The molecule has 0 aliphatic heterocycles. The van der Waals surface area contributed by atoms with Crippen LogP contribution in [0.5, 0.6) is 0 Å². The first kappa shape index (κ1) is 16.0. The molecule has 22 heavy (non-hydrogen) atoms. The zero-order chi connectivity index (χ0) is 16.7. The Hall–Kier alpha value is -2.37. The maximum Gasteiger partial charge on any atom is 0.337 e. The van der Waals surface area contributed by atoms with Gasteiger partial charge in [0.05, 0.1) is 11.1 Å². The van der Waals surface area contributed by atoms with Gasteiger partial charge in [0, 0.05) is 0 Å². The SMILES string of the molecule is Cc1ccc(C(=O)O)c2nc(C)n(CC(=O)OC(C)(C)C)c12. The number of hydrogen-bond donors (Lipinski definition) is 1. The van der Waals surface area contributed by atoms with Crippen LogP contribution >= 0.6 is 0 Å². The van der Waals surface area contributed by atoms with Crippen LogP contribution in [0.4, 0.5) is 0 Å². The summed E-state index contributed by atoms with van der Waals surface area (Å²) in [4.78, 5) is 27.7. The fraction of sp³-hybridized carbons (Fsp3) is 0.438. The van der Waals surface area contributed by atoms with E-state index in [1.54, 1.807) is 38.3 Å². The van der Waals surface area contributed by atoms with Crippen molar-refractivity contribution in [1.82, 2.24) is 9.55 Å². The van der Waals surface area contributed by atoms with Crippen LogP contribution in [0.2, 0.25) is 0 Å². The second-order valence-electron chi connectivity index (χ2n) is 6.26. The Morgan fingerprint density at radius 1 is 1.27 bits per heavy atom. The zero-order valence-corrected chi connectivity index (χ0v) is 13.4. The van der Waals surface area contributed by atoms with Crippen molar-refractivity contribution in [3.05, 3.63) is 29.1 Å². The van der Waals surface area contributed by atoms with Gasteiger partial charge in [-0.25, -0.2) is 9.78 Å². The van der Waals surface area contributed by atoms with Gasteiger partial charge < -0.3 is 14.4 Å². The number of benzene rings is 1. The quantitative estimate of drug-likeness (QED) is 0.882. The van der Waals surface area contributed by atoms with Crippen LogP contribution in [0.1, 0.15) is 42.5 Å². The Morgan fingerprint density at radius 3 is 2.45 bits per heavy atom. The topological polar surface area (TPSA) is 81.4 Å². The first-order chi connectivity index (χ1) is 10.1. The molecule has 6 heteroatoms. The minimum absolute atomic E-state index is 0.00349. The number of aromatic nitrogens is 2. The third kappa shape index (κ3) is 3.10. The normalized spacial score (nSPS) is 11.7. The number of ether oxygens (including phenoxy) is 1. The number of hydrogen-bond acceptors (Lipinski definition) is 4. The molecule has 0 saturated heterocycles. The number of rotatable bonds is 3. The van der Waals surface area contributed by atoms with Crippen molar-refractivity contribution in [2.45, 2.75) is 46.8 Å². The van der Waals surface area contributed by atoms with Crippen LogP contribution in [0.15, 0.2) is 12.1 Å². The lowest BCUT2D eigenvalue weighted by molar-refractivity contribution is -0.155. The Labute approximate surface area is 128 Å². The number of carbonyl (C=O) groups is 2. The summed E-state index contributed by atoms with van der Waals surface area (Å²) in [6.07, 6.45) is 0. The Kier molecular flexibility index (Phi) is 3.96. The predicted octanol–water partition coefficient (Wildman–Crippen LogP) is 2.69. The lowest BCUT2D eigenvalue weighted by atomic mass is 10.1. The van der Waals surface area contributed by atoms with Gasteiger partial charge in [0.1, 0.15) is 23.5 Å². The van der Waals surface area contributed by atoms with E-state index >= 15 is 0 Å². The number of carbonyl (C=O) groups excluding carboxylic acids is 1. The standard InChI is InChI=1S/C16H20N2O4/c1-9-6-7-11(15(20)21)13-14(9)18(10(2)17-13)8-12(19)22-16(3,4)5/h6-7H,8H2,1-5H3,(H,20,21). The number of carboxylic acid groups (broad SMARTS) is 1. The van der Waals surface area contributed by atoms with Crippen molar-refractivity contribution in [2.75, 3.05) is 0 Å². The van der Waals surface area contributed by atoms with Crippen molar-refractivity contribution in [3.8, 4) is 0 Å². The molecule has 1 aromatic carbocycles. The van der Waals surface area contributed by atoms with E-state index in [4.69, 9.17) is 4.74 Å². The molecule has 0 aliphatic rings. The predicted molar refractivity (Wildman–Crippen MR) is 82.0 cm³/mol. The second kappa shape index (κ2) is 5.44. The van der Waals surface area contributed by atoms with Crippen molar-refractivity contribution in [1.29, 1.82) is 0 Å². The number of fused-ring (bicyclic) bond motifs is 1. The molecule has 2 aromatic rings. The number of imidazole rings is 1. The van der Waals surface area contributed by atoms with Crippen LogP contribution in [0.25, 0.3) is 11.0 Å². The molecule has 1 aromatic heterocycles. The smallest absolute Gasteiger partial charge is 0.337 e. The highest BCUT2D eigenvalue weighted by Gasteiger charge is 2.21. The fourth-order valence-electron chi connectivity index (χ4n) is 2.39. The summed E-state index contributed by atoms with van der Waals surface area (Å²) < 4.78 is 7.03. The second-order valence-corrected chi connectivity index (χ2v) is 6.26. The molecule has 0 fully saturated rings. The van der Waals surface area contributed by atoms with Crippen LogP contribution in [-0.2, 0) is 16.1 Å². The highest BCUT2D eigenvalue weighted by molar-refractivity contribution is 6.02. The summed E-state index contributed by atoms with van der Waals surface area (Å²) in [6, 6.07) is 3.25. The summed E-state index contributed by atoms with van der Waals surface area (Å²) in [5.74, 6) is -0.834. The van der Waals surface area contributed by atoms with Crippen LogP contribution < -0.4 is 0 Å². The van der Waals surface area contributed by atoms with Gasteiger partial charge in [-0.2, -0.15) is 0 Å². The summed E-state index contributed by atoms with van der Waals surface area (Å²) in [5.41, 5.74) is 1.48. The van der Waals surface area contributed by atoms with Gasteiger partial charge >= 0.3 is 11.9 Å². The van der Waals surface area contributed by atoms with Gasteiger partial charge in [0.25, 0.3) is 0 Å². The lowest BCUT2D eigenvalue weighted by Gasteiger charge is -2.20. The van der Waals surface area contributed by atoms with Crippen molar-refractivity contribution in [3.63, 3.8) is 0 Å². The van der Waals surface area contributed by atoms with Crippen molar-refractivity contribution in [2.24, 2.45) is 0 Å². The average Bonchev–Trinajstić information content (AvgIpc) is 2.64.